The van der Waals surface area contributed by atoms with Gasteiger partial charge in [-0.15, -0.1) is 0 Å². The van der Waals surface area contributed by atoms with Crippen molar-refractivity contribution in [2.24, 2.45) is 0 Å². The first kappa shape index (κ1) is 19.3. The Morgan fingerprint density at radius 2 is 2.04 bits per heavy atom. The predicted molar refractivity (Wildman–Crippen MR) is 117 cm³/mol. The SMILES string of the molecule is CC(C)c1cnc2c(N[C@@H](C)c3ccccc3)cc(SC3CCCNC3)nn12. The van der Waals surface area contributed by atoms with Crippen LogP contribution in [0.15, 0.2) is 47.6 Å². The van der Waals surface area contributed by atoms with E-state index in [1.165, 1.54) is 18.4 Å². The molecule has 4 rings (SSSR count). The standard InChI is InChI=1S/C22H29N5S/c1-15(2)20-14-24-22-19(25-16(3)17-8-5-4-6-9-17)12-21(26-27(20)22)28-18-10-7-11-23-13-18/h4-6,8-9,12,14-16,18,23,25H,7,10-11,13H2,1-3H3/t16-,18?/m0/s1. The van der Waals surface area contributed by atoms with Crippen molar-refractivity contribution < 1.29 is 0 Å². The van der Waals surface area contributed by atoms with Crippen LogP contribution in [-0.2, 0) is 0 Å². The zero-order chi connectivity index (χ0) is 19.5. The molecule has 1 fully saturated rings. The van der Waals surface area contributed by atoms with E-state index in [1.54, 1.807) is 0 Å². The average Bonchev–Trinajstić information content (AvgIpc) is 3.14. The van der Waals surface area contributed by atoms with Gasteiger partial charge >= 0.3 is 0 Å². The van der Waals surface area contributed by atoms with Crippen LogP contribution in [0.1, 0.15) is 56.8 Å². The van der Waals surface area contributed by atoms with Gasteiger partial charge in [0.05, 0.1) is 17.6 Å². The van der Waals surface area contributed by atoms with Gasteiger partial charge in [0.1, 0.15) is 5.03 Å². The monoisotopic (exact) mass is 395 g/mol. The van der Waals surface area contributed by atoms with Gasteiger partial charge in [0, 0.05) is 17.8 Å². The summed E-state index contributed by atoms with van der Waals surface area (Å²) in [6.07, 6.45) is 4.43. The van der Waals surface area contributed by atoms with Crippen LogP contribution in [0.4, 0.5) is 5.69 Å². The molecule has 1 aliphatic heterocycles. The number of aromatic nitrogens is 3. The minimum absolute atomic E-state index is 0.195. The van der Waals surface area contributed by atoms with Crippen molar-refractivity contribution in [3.8, 4) is 0 Å². The lowest BCUT2D eigenvalue weighted by Crippen LogP contribution is -2.31. The molecule has 5 nitrogen and oxygen atoms in total. The lowest BCUT2D eigenvalue weighted by Gasteiger charge is -2.22. The van der Waals surface area contributed by atoms with Crippen LogP contribution in [0, 0.1) is 0 Å². The van der Waals surface area contributed by atoms with Crippen LogP contribution >= 0.6 is 11.8 Å². The van der Waals surface area contributed by atoms with E-state index in [-0.39, 0.29) is 6.04 Å². The Morgan fingerprint density at radius 3 is 2.75 bits per heavy atom. The van der Waals surface area contributed by atoms with Gasteiger partial charge in [-0.2, -0.15) is 5.10 Å². The highest BCUT2D eigenvalue weighted by molar-refractivity contribution is 7.99. The van der Waals surface area contributed by atoms with Gasteiger partial charge in [0.25, 0.3) is 0 Å². The Hall–Kier alpha value is -2.05. The fourth-order valence-corrected chi connectivity index (χ4v) is 4.81. The molecule has 3 aromatic rings. The lowest BCUT2D eigenvalue weighted by molar-refractivity contribution is 0.531. The second-order valence-electron chi connectivity index (χ2n) is 7.83. The maximum absolute atomic E-state index is 4.94. The van der Waals surface area contributed by atoms with Crippen LogP contribution in [-0.4, -0.2) is 32.9 Å². The third-order valence-corrected chi connectivity index (χ3v) is 6.45. The van der Waals surface area contributed by atoms with Crippen LogP contribution in [0.3, 0.4) is 0 Å². The molecule has 1 unspecified atom stereocenters. The zero-order valence-corrected chi connectivity index (χ0v) is 17.7. The Bertz CT molecular complexity index is 915. The van der Waals surface area contributed by atoms with Gasteiger partial charge in [0.2, 0.25) is 0 Å². The van der Waals surface area contributed by atoms with Crippen molar-refractivity contribution in [1.82, 2.24) is 19.9 Å². The van der Waals surface area contributed by atoms with E-state index in [2.05, 4.69) is 67.8 Å². The summed E-state index contributed by atoms with van der Waals surface area (Å²) >= 11 is 1.88. The molecule has 0 bridgehead atoms. The highest BCUT2D eigenvalue weighted by atomic mass is 32.2. The topological polar surface area (TPSA) is 54.2 Å². The molecule has 0 saturated carbocycles. The van der Waals surface area contributed by atoms with E-state index in [1.807, 2.05) is 22.5 Å². The summed E-state index contributed by atoms with van der Waals surface area (Å²) in [5, 5.41) is 13.8. The van der Waals surface area contributed by atoms with Gasteiger partial charge < -0.3 is 10.6 Å². The van der Waals surface area contributed by atoms with Crippen LogP contribution in [0.5, 0.6) is 0 Å². The average molecular weight is 396 g/mol. The highest BCUT2D eigenvalue weighted by Crippen LogP contribution is 2.32. The number of fused-ring (bicyclic) bond motifs is 1. The van der Waals surface area contributed by atoms with E-state index < -0.39 is 0 Å². The smallest absolute Gasteiger partial charge is 0.177 e. The summed E-state index contributed by atoms with van der Waals surface area (Å²) in [7, 11) is 0. The fourth-order valence-electron chi connectivity index (χ4n) is 3.67. The molecular weight excluding hydrogens is 366 g/mol. The number of thioether (sulfide) groups is 1. The Kier molecular flexibility index (Phi) is 5.87. The number of piperidine rings is 1. The van der Waals surface area contributed by atoms with E-state index in [0.29, 0.717) is 11.2 Å². The van der Waals surface area contributed by atoms with Crippen molar-refractivity contribution in [1.29, 1.82) is 0 Å². The molecule has 1 aliphatic rings. The number of anilines is 1. The highest BCUT2D eigenvalue weighted by Gasteiger charge is 2.19. The number of hydrogen-bond donors (Lipinski definition) is 2. The predicted octanol–water partition coefficient (Wildman–Crippen LogP) is 4.87. The van der Waals surface area contributed by atoms with E-state index in [0.717, 1.165) is 35.1 Å². The quantitative estimate of drug-likeness (QED) is 0.624. The van der Waals surface area contributed by atoms with Gasteiger partial charge in [-0.3, -0.25) is 0 Å². The van der Waals surface area contributed by atoms with Crippen molar-refractivity contribution in [3.05, 3.63) is 53.9 Å². The Balaban J connectivity index is 1.68. The molecule has 0 amide bonds. The number of nitrogens with one attached hydrogen (secondary N) is 2. The number of imidazole rings is 1. The van der Waals surface area contributed by atoms with E-state index >= 15 is 0 Å². The zero-order valence-electron chi connectivity index (χ0n) is 16.9. The Labute approximate surface area is 171 Å². The summed E-state index contributed by atoms with van der Waals surface area (Å²) in [5.74, 6) is 0.374. The first-order chi connectivity index (χ1) is 13.6. The summed E-state index contributed by atoms with van der Waals surface area (Å²) in [6.45, 7) is 8.75. The first-order valence-corrected chi connectivity index (χ1v) is 11.1. The fraction of sp³-hybridized carbons (Fsp3) is 0.455. The van der Waals surface area contributed by atoms with Crippen LogP contribution in [0.25, 0.3) is 5.65 Å². The molecule has 148 valence electrons. The molecule has 28 heavy (non-hydrogen) atoms. The molecule has 1 aromatic carbocycles. The molecule has 2 aromatic heterocycles. The van der Waals surface area contributed by atoms with Crippen molar-refractivity contribution >= 4 is 23.1 Å². The van der Waals surface area contributed by atoms with E-state index in [4.69, 9.17) is 10.1 Å². The van der Waals surface area contributed by atoms with Gasteiger partial charge in [-0.1, -0.05) is 55.9 Å². The van der Waals surface area contributed by atoms with Gasteiger partial charge in [-0.25, -0.2) is 9.50 Å². The summed E-state index contributed by atoms with van der Waals surface area (Å²) in [4.78, 5) is 4.69. The molecule has 0 radical (unpaired) electrons. The van der Waals surface area contributed by atoms with Crippen molar-refractivity contribution in [2.45, 2.75) is 55.8 Å². The second-order valence-corrected chi connectivity index (χ2v) is 9.15. The van der Waals surface area contributed by atoms with Crippen molar-refractivity contribution in [3.63, 3.8) is 0 Å². The van der Waals surface area contributed by atoms with E-state index in [9.17, 15) is 0 Å². The third-order valence-electron chi connectivity index (χ3n) is 5.27. The minimum Gasteiger partial charge on any atom is -0.375 e. The summed E-state index contributed by atoms with van der Waals surface area (Å²) in [6, 6.07) is 12.9. The third kappa shape index (κ3) is 4.18. The van der Waals surface area contributed by atoms with Crippen LogP contribution < -0.4 is 10.6 Å². The molecular formula is C22H29N5S. The van der Waals surface area contributed by atoms with Crippen LogP contribution in [0.2, 0.25) is 0 Å². The first-order valence-electron chi connectivity index (χ1n) is 10.2. The molecule has 0 aliphatic carbocycles. The number of rotatable bonds is 6. The number of hydrogen-bond acceptors (Lipinski definition) is 5. The summed E-state index contributed by atoms with van der Waals surface area (Å²) < 4.78 is 2.03. The molecule has 6 heteroatoms. The van der Waals surface area contributed by atoms with Gasteiger partial charge in [0.15, 0.2) is 5.65 Å². The Morgan fingerprint density at radius 1 is 1.21 bits per heavy atom. The molecule has 2 N–H and O–H groups in total. The second kappa shape index (κ2) is 8.53. The summed E-state index contributed by atoms with van der Waals surface area (Å²) in [5.41, 5.74) is 4.36. The maximum Gasteiger partial charge on any atom is 0.177 e. The number of benzene rings is 1. The normalized spacial score (nSPS) is 18.5. The van der Waals surface area contributed by atoms with Crippen molar-refractivity contribution in [2.75, 3.05) is 18.4 Å². The maximum atomic E-state index is 4.94. The minimum atomic E-state index is 0.195. The van der Waals surface area contributed by atoms with Gasteiger partial charge in [-0.05, 0) is 43.9 Å². The number of nitrogens with zero attached hydrogens (tertiary/aromatic N) is 3. The molecule has 3 heterocycles. The largest absolute Gasteiger partial charge is 0.375 e. The molecule has 1 saturated heterocycles. The molecule has 0 spiro atoms. The molecule has 2 atom stereocenters. The lowest BCUT2D eigenvalue weighted by atomic mass is 10.1.